The van der Waals surface area contributed by atoms with Gasteiger partial charge in [-0.05, 0) is 20.3 Å². The van der Waals surface area contributed by atoms with E-state index in [0.29, 0.717) is 6.42 Å². The van der Waals surface area contributed by atoms with Crippen molar-refractivity contribution in [1.82, 2.24) is 0 Å². The van der Waals surface area contributed by atoms with Crippen molar-refractivity contribution in [2.75, 3.05) is 0 Å². The van der Waals surface area contributed by atoms with E-state index in [4.69, 9.17) is 4.74 Å². The Bertz CT molecular complexity index is 199. The molecular weight excluding hydrogens is 244 g/mol. The van der Waals surface area contributed by atoms with Crippen LogP contribution in [0, 0.1) is 0 Å². The van der Waals surface area contributed by atoms with E-state index in [0.717, 1.165) is 6.42 Å². The number of ether oxygens (including phenoxy) is 1. The van der Waals surface area contributed by atoms with Crippen LogP contribution in [0.5, 0.6) is 0 Å². The second kappa shape index (κ2) is 13.9. The summed E-state index contributed by atoms with van der Waals surface area (Å²) < 4.78 is 5.10. The lowest BCUT2D eigenvalue weighted by atomic mass is 10.1. The van der Waals surface area contributed by atoms with Crippen molar-refractivity contribution in [2.45, 2.75) is 104 Å². The lowest BCUT2D eigenvalue weighted by molar-refractivity contribution is -0.147. The van der Waals surface area contributed by atoms with Crippen LogP contribution in [0.15, 0.2) is 0 Å². The average Bonchev–Trinajstić information content (AvgIpc) is 2.35. The maximum absolute atomic E-state index is 11.3. The van der Waals surface area contributed by atoms with Crippen LogP contribution in [-0.2, 0) is 9.53 Å². The lowest BCUT2D eigenvalue weighted by Gasteiger charge is -2.07. The Labute approximate surface area is 120 Å². The van der Waals surface area contributed by atoms with E-state index in [1.807, 2.05) is 13.8 Å². The van der Waals surface area contributed by atoms with Crippen LogP contribution in [-0.4, -0.2) is 12.1 Å². The second-order valence-corrected chi connectivity index (χ2v) is 5.82. The lowest BCUT2D eigenvalue weighted by Crippen LogP contribution is -2.10. The molecule has 0 aliphatic rings. The molecule has 0 aromatic carbocycles. The van der Waals surface area contributed by atoms with E-state index in [2.05, 4.69) is 6.92 Å². The number of hydrogen-bond acceptors (Lipinski definition) is 2. The summed E-state index contributed by atoms with van der Waals surface area (Å²) in [6, 6.07) is 0. The van der Waals surface area contributed by atoms with Gasteiger partial charge in [-0.15, -0.1) is 0 Å². The Morgan fingerprint density at radius 3 is 1.63 bits per heavy atom. The molecular formula is C17H34O2. The van der Waals surface area contributed by atoms with E-state index in [-0.39, 0.29) is 12.1 Å². The summed E-state index contributed by atoms with van der Waals surface area (Å²) >= 11 is 0. The summed E-state index contributed by atoms with van der Waals surface area (Å²) in [4.78, 5) is 11.3. The maximum Gasteiger partial charge on any atom is 0.306 e. The summed E-state index contributed by atoms with van der Waals surface area (Å²) in [7, 11) is 0. The molecule has 0 aliphatic heterocycles. The van der Waals surface area contributed by atoms with Crippen LogP contribution in [0.1, 0.15) is 97.8 Å². The zero-order valence-corrected chi connectivity index (χ0v) is 13.4. The molecule has 0 N–H and O–H groups in total. The molecule has 0 saturated heterocycles. The highest BCUT2D eigenvalue weighted by Gasteiger charge is 2.04. The highest BCUT2D eigenvalue weighted by molar-refractivity contribution is 5.69. The molecule has 19 heavy (non-hydrogen) atoms. The van der Waals surface area contributed by atoms with Crippen molar-refractivity contribution in [3.63, 3.8) is 0 Å². The normalized spacial score (nSPS) is 10.9. The molecule has 2 nitrogen and oxygen atoms in total. The van der Waals surface area contributed by atoms with Crippen molar-refractivity contribution >= 4 is 5.97 Å². The number of hydrogen-bond donors (Lipinski definition) is 0. The van der Waals surface area contributed by atoms with Gasteiger partial charge in [0.15, 0.2) is 0 Å². The van der Waals surface area contributed by atoms with Crippen molar-refractivity contribution < 1.29 is 9.53 Å². The molecule has 0 rings (SSSR count). The Kier molecular flexibility index (Phi) is 13.5. The van der Waals surface area contributed by atoms with Gasteiger partial charge in [-0.3, -0.25) is 4.79 Å². The molecule has 0 radical (unpaired) electrons. The Balaban J connectivity index is 3.08. The number of rotatable bonds is 13. The van der Waals surface area contributed by atoms with E-state index in [1.54, 1.807) is 0 Å². The Morgan fingerprint density at radius 1 is 0.789 bits per heavy atom. The molecule has 0 bridgehead atoms. The van der Waals surface area contributed by atoms with Crippen LogP contribution < -0.4 is 0 Å². The fourth-order valence-electron chi connectivity index (χ4n) is 2.26. The summed E-state index contributed by atoms with van der Waals surface area (Å²) in [5.41, 5.74) is 0. The summed E-state index contributed by atoms with van der Waals surface area (Å²) in [5, 5.41) is 0. The molecule has 0 amide bonds. The van der Waals surface area contributed by atoms with Crippen LogP contribution in [0.3, 0.4) is 0 Å². The summed E-state index contributed by atoms with van der Waals surface area (Å²) in [6.45, 7) is 6.06. The van der Waals surface area contributed by atoms with Gasteiger partial charge < -0.3 is 4.74 Å². The third kappa shape index (κ3) is 15.4. The van der Waals surface area contributed by atoms with Gasteiger partial charge in [0.25, 0.3) is 0 Å². The summed E-state index contributed by atoms with van der Waals surface area (Å²) in [5.74, 6) is -0.0362. The molecule has 0 fully saturated rings. The van der Waals surface area contributed by atoms with Gasteiger partial charge in [0.2, 0.25) is 0 Å². The first kappa shape index (κ1) is 18.5. The topological polar surface area (TPSA) is 26.3 Å². The molecule has 0 spiro atoms. The minimum absolute atomic E-state index is 0.0280. The number of esters is 1. The van der Waals surface area contributed by atoms with Crippen LogP contribution >= 0.6 is 0 Å². The van der Waals surface area contributed by atoms with Gasteiger partial charge in [-0.1, -0.05) is 71.1 Å². The van der Waals surface area contributed by atoms with Crippen LogP contribution in [0.2, 0.25) is 0 Å². The SMILES string of the molecule is CCCCCCCCCCCCCC(=O)O[20CH](C)C. The minimum atomic E-state index is -0.0362. The monoisotopic (exact) mass is 278 g/mol. The highest BCUT2D eigenvalue weighted by atomic mass is 20.5. The molecule has 114 valence electrons. The largest absolute Gasteiger partial charge is 0.463 e. The van der Waals surface area contributed by atoms with Gasteiger partial charge >= 0.3 is 5.97 Å². The average molecular weight is 278 g/mol. The van der Waals surface area contributed by atoms with Gasteiger partial charge in [-0.2, -0.15) is 0 Å². The third-order valence-corrected chi connectivity index (χ3v) is 3.35. The number of carbonyl (C=O) groups is 1. The molecule has 0 unspecified atom stereocenters. The quantitative estimate of drug-likeness (QED) is 0.322. The summed E-state index contributed by atoms with van der Waals surface area (Å²) in [6.07, 6.45) is 15.1. The van der Waals surface area contributed by atoms with E-state index < -0.39 is 0 Å². The van der Waals surface area contributed by atoms with Gasteiger partial charge in [-0.25, -0.2) is 0 Å². The van der Waals surface area contributed by atoms with E-state index in [9.17, 15) is 4.79 Å². The van der Waals surface area contributed by atoms with Crippen molar-refractivity contribution in [2.24, 2.45) is 0 Å². The third-order valence-electron chi connectivity index (χ3n) is 3.35. The molecule has 0 heterocycles. The highest BCUT2D eigenvalue weighted by Crippen LogP contribution is 2.12. The first-order chi connectivity index (χ1) is 9.16. The predicted octanol–water partition coefficient (Wildman–Crippen LogP) is 5.64. The smallest absolute Gasteiger partial charge is 0.306 e. The first-order valence-corrected chi connectivity index (χ1v) is 8.36. The van der Waals surface area contributed by atoms with Gasteiger partial charge in [0.05, 0.1) is 6.10 Å². The molecule has 0 aromatic rings. The fraction of sp³-hybridized carbons (Fsp3) is 0.941. The second-order valence-electron chi connectivity index (χ2n) is 5.82. The zero-order chi connectivity index (χ0) is 14.3. The molecule has 2 heteroatoms. The van der Waals surface area contributed by atoms with E-state index in [1.165, 1.54) is 64.2 Å². The maximum atomic E-state index is 11.3. The number of carbonyl (C=O) groups excluding carboxylic acids is 1. The Morgan fingerprint density at radius 2 is 1.21 bits per heavy atom. The molecule has 0 saturated carbocycles. The predicted molar refractivity (Wildman–Crippen MR) is 82.3 cm³/mol. The Hall–Kier alpha value is -0.530. The number of unbranched alkanes of at least 4 members (excludes halogenated alkanes) is 10. The van der Waals surface area contributed by atoms with Crippen molar-refractivity contribution in [3.05, 3.63) is 0 Å². The standard InChI is InChI=1S/C17H34O2/c1-4-5-6-7-8-9-10-11-12-13-14-15-17(18)19-16(2)3/h16H,4-15H2,1-3H3/i16+8. The van der Waals surface area contributed by atoms with Gasteiger partial charge in [0, 0.05) is 6.42 Å². The molecule has 0 aliphatic carbocycles. The van der Waals surface area contributed by atoms with Crippen LogP contribution in [0.4, 0.5) is 0 Å². The van der Waals surface area contributed by atoms with Crippen molar-refractivity contribution in [3.8, 4) is 0 Å². The van der Waals surface area contributed by atoms with Crippen LogP contribution in [0.25, 0.3) is 0 Å². The molecule has 0 atom stereocenters. The van der Waals surface area contributed by atoms with Gasteiger partial charge in [0.1, 0.15) is 0 Å². The molecule has 0 aromatic heterocycles. The first-order valence-electron chi connectivity index (χ1n) is 8.36. The zero-order valence-electron chi connectivity index (χ0n) is 13.4. The van der Waals surface area contributed by atoms with Crippen molar-refractivity contribution in [1.29, 1.82) is 0 Å². The fourth-order valence-corrected chi connectivity index (χ4v) is 2.26. The van der Waals surface area contributed by atoms with E-state index >= 15 is 0 Å². The minimum Gasteiger partial charge on any atom is -0.463 e.